The lowest BCUT2D eigenvalue weighted by atomic mass is 9.99. The van der Waals surface area contributed by atoms with E-state index in [4.69, 9.17) is 4.84 Å². The highest BCUT2D eigenvalue weighted by Gasteiger charge is 2.37. The van der Waals surface area contributed by atoms with E-state index in [2.05, 4.69) is 42.3 Å². The average Bonchev–Trinajstić information content (AvgIpc) is 2.62. The summed E-state index contributed by atoms with van der Waals surface area (Å²) in [6.07, 6.45) is 0. The number of benzene rings is 2. The second kappa shape index (κ2) is 7.37. The molecule has 1 amide bonds. The van der Waals surface area contributed by atoms with Gasteiger partial charge in [0.25, 0.3) is 17.4 Å². The number of anilines is 1. The Labute approximate surface area is 167 Å². The van der Waals surface area contributed by atoms with Gasteiger partial charge in [-0.25, -0.2) is 4.79 Å². The topological polar surface area (TPSA) is 128 Å². The SMILES string of the molecule is O=C1Nc2cc(Br)c([N+](=O)[O-])c(Br)c2C(=NOC(=O)c2ccccc2)C1=O. The number of carbonyl (C=O) groups is 3. The predicted octanol–water partition coefficient (Wildman–Crippen LogP) is 3.20. The lowest BCUT2D eigenvalue weighted by Crippen LogP contribution is -2.36. The van der Waals surface area contributed by atoms with Crippen molar-refractivity contribution in [3.8, 4) is 0 Å². The maximum Gasteiger partial charge on any atom is 0.365 e. The fourth-order valence-electron chi connectivity index (χ4n) is 2.31. The predicted molar refractivity (Wildman–Crippen MR) is 101 cm³/mol. The zero-order valence-electron chi connectivity index (χ0n) is 13.1. The molecule has 0 radical (unpaired) electrons. The van der Waals surface area contributed by atoms with Crippen LogP contribution in [-0.2, 0) is 14.4 Å². The first-order valence-corrected chi connectivity index (χ1v) is 8.76. The fourth-order valence-corrected chi connectivity index (χ4v) is 3.91. The van der Waals surface area contributed by atoms with Crippen LogP contribution in [-0.4, -0.2) is 28.3 Å². The molecule has 2 aromatic rings. The molecule has 2 aromatic carbocycles. The number of rotatable bonds is 3. The Morgan fingerprint density at radius 1 is 1.19 bits per heavy atom. The van der Waals surface area contributed by atoms with Gasteiger partial charge in [-0.2, -0.15) is 0 Å². The van der Waals surface area contributed by atoms with Crippen molar-refractivity contribution in [3.63, 3.8) is 0 Å². The Hall–Kier alpha value is -2.92. The molecule has 9 nitrogen and oxygen atoms in total. The summed E-state index contributed by atoms with van der Waals surface area (Å²) in [5.41, 5.74) is -0.690. The minimum absolute atomic E-state index is 0.0599. The van der Waals surface area contributed by atoms with Crippen LogP contribution in [0.1, 0.15) is 15.9 Å². The molecule has 1 N–H and O–H groups in total. The molecule has 1 aliphatic rings. The average molecular weight is 497 g/mol. The summed E-state index contributed by atoms with van der Waals surface area (Å²) >= 11 is 6.10. The van der Waals surface area contributed by atoms with E-state index in [0.717, 1.165) is 0 Å². The zero-order valence-corrected chi connectivity index (χ0v) is 16.2. The van der Waals surface area contributed by atoms with Crippen LogP contribution in [0, 0.1) is 10.1 Å². The van der Waals surface area contributed by atoms with Gasteiger partial charge in [0.05, 0.1) is 26.2 Å². The first-order chi connectivity index (χ1) is 12.8. The molecule has 27 heavy (non-hydrogen) atoms. The molecule has 0 atom stereocenters. The van der Waals surface area contributed by atoms with Crippen molar-refractivity contribution in [2.45, 2.75) is 0 Å². The standard InChI is InChI=1S/C16H7Br2N3O6/c17-8-6-9-10(11(18)13(8)21(25)26)12(14(22)15(23)19-9)20-27-16(24)7-4-2-1-3-5-7/h1-6H,(H,19,23). The van der Waals surface area contributed by atoms with E-state index in [-0.39, 0.29) is 31.4 Å². The number of Topliss-reactive ketones (excluding diaryl/α,β-unsaturated/α-hetero) is 1. The number of hydrogen-bond acceptors (Lipinski definition) is 7. The summed E-state index contributed by atoms with van der Waals surface area (Å²) in [4.78, 5) is 51.5. The number of halogens is 2. The van der Waals surface area contributed by atoms with Gasteiger partial charge < -0.3 is 10.2 Å². The number of nitrogens with zero attached hydrogens (tertiary/aromatic N) is 2. The van der Waals surface area contributed by atoms with E-state index in [0.29, 0.717) is 0 Å². The van der Waals surface area contributed by atoms with Crippen LogP contribution in [0.4, 0.5) is 11.4 Å². The van der Waals surface area contributed by atoms with Crippen LogP contribution in [0.2, 0.25) is 0 Å². The Bertz CT molecular complexity index is 1040. The number of fused-ring (bicyclic) bond motifs is 1. The molecular formula is C16H7Br2N3O6. The molecule has 3 rings (SSSR count). The molecule has 0 saturated carbocycles. The van der Waals surface area contributed by atoms with Crippen molar-refractivity contribution >= 4 is 66.6 Å². The number of amides is 1. The molecule has 136 valence electrons. The lowest BCUT2D eigenvalue weighted by Gasteiger charge is -2.18. The Kier molecular flexibility index (Phi) is 5.15. The van der Waals surface area contributed by atoms with Crippen LogP contribution in [0.25, 0.3) is 0 Å². The van der Waals surface area contributed by atoms with Gasteiger partial charge in [-0.1, -0.05) is 23.4 Å². The quantitative estimate of drug-likeness (QED) is 0.300. The zero-order chi connectivity index (χ0) is 19.7. The lowest BCUT2D eigenvalue weighted by molar-refractivity contribution is -0.386. The normalized spacial score (nSPS) is 14.5. The Morgan fingerprint density at radius 2 is 1.85 bits per heavy atom. The van der Waals surface area contributed by atoms with Crippen molar-refractivity contribution < 1.29 is 24.1 Å². The number of carbonyl (C=O) groups excluding carboxylic acids is 3. The van der Waals surface area contributed by atoms with Gasteiger partial charge in [0.15, 0.2) is 5.71 Å². The van der Waals surface area contributed by atoms with Crippen molar-refractivity contribution in [3.05, 3.63) is 66.6 Å². The highest BCUT2D eigenvalue weighted by Crippen LogP contribution is 2.41. The van der Waals surface area contributed by atoms with Crippen LogP contribution in [0.15, 0.2) is 50.5 Å². The minimum Gasteiger partial charge on any atom is -0.318 e. The molecule has 11 heteroatoms. The number of oxime groups is 1. The Balaban J connectivity index is 2.10. The number of nitrogens with one attached hydrogen (secondary N) is 1. The molecule has 1 heterocycles. The number of hydrogen-bond donors (Lipinski definition) is 1. The van der Waals surface area contributed by atoms with Gasteiger partial charge in [0, 0.05) is 0 Å². The fraction of sp³-hybridized carbons (Fsp3) is 0. The van der Waals surface area contributed by atoms with Gasteiger partial charge in [-0.15, -0.1) is 0 Å². The molecule has 0 fully saturated rings. The van der Waals surface area contributed by atoms with Crippen LogP contribution >= 0.6 is 31.9 Å². The Morgan fingerprint density at radius 3 is 2.48 bits per heavy atom. The molecule has 0 aromatic heterocycles. The van der Waals surface area contributed by atoms with Gasteiger partial charge in [-0.05, 0) is 50.1 Å². The molecule has 0 bridgehead atoms. The number of nitro groups is 1. The summed E-state index contributed by atoms with van der Waals surface area (Å²) in [5, 5.41) is 17.1. The second-order valence-electron chi connectivity index (χ2n) is 5.17. The van der Waals surface area contributed by atoms with Crippen LogP contribution < -0.4 is 5.32 Å². The van der Waals surface area contributed by atoms with E-state index in [9.17, 15) is 24.5 Å². The van der Waals surface area contributed by atoms with Crippen LogP contribution in [0.3, 0.4) is 0 Å². The smallest absolute Gasteiger partial charge is 0.318 e. The third-order valence-electron chi connectivity index (χ3n) is 3.51. The van der Waals surface area contributed by atoms with Gasteiger partial charge in [-0.3, -0.25) is 19.7 Å². The molecule has 0 saturated heterocycles. The third-order valence-corrected chi connectivity index (χ3v) is 4.89. The maximum atomic E-state index is 12.2. The van der Waals surface area contributed by atoms with E-state index in [1.807, 2.05) is 0 Å². The summed E-state index contributed by atoms with van der Waals surface area (Å²) in [5.74, 6) is -2.96. The first-order valence-electron chi connectivity index (χ1n) is 7.18. The van der Waals surface area contributed by atoms with Crippen LogP contribution in [0.5, 0.6) is 0 Å². The summed E-state index contributed by atoms with van der Waals surface area (Å²) in [6, 6.07) is 9.12. The summed E-state index contributed by atoms with van der Waals surface area (Å²) in [6.45, 7) is 0. The molecule has 0 unspecified atom stereocenters. The van der Waals surface area contributed by atoms with Crippen molar-refractivity contribution in [1.82, 2.24) is 0 Å². The van der Waals surface area contributed by atoms with Crippen molar-refractivity contribution in [2.24, 2.45) is 5.16 Å². The molecule has 1 aliphatic heterocycles. The maximum absolute atomic E-state index is 12.2. The third kappa shape index (κ3) is 3.51. The largest absolute Gasteiger partial charge is 0.365 e. The highest BCUT2D eigenvalue weighted by molar-refractivity contribution is 9.11. The van der Waals surface area contributed by atoms with E-state index >= 15 is 0 Å². The van der Waals surface area contributed by atoms with Gasteiger partial charge in [0.1, 0.15) is 4.47 Å². The number of nitro benzene ring substituents is 1. The molecular weight excluding hydrogens is 490 g/mol. The first kappa shape index (κ1) is 18.9. The number of ketones is 1. The van der Waals surface area contributed by atoms with E-state index in [1.165, 1.54) is 18.2 Å². The summed E-state index contributed by atoms with van der Waals surface area (Å²) in [7, 11) is 0. The van der Waals surface area contributed by atoms with Gasteiger partial charge >= 0.3 is 5.97 Å². The van der Waals surface area contributed by atoms with E-state index in [1.54, 1.807) is 18.2 Å². The van der Waals surface area contributed by atoms with Gasteiger partial charge in [0.2, 0.25) is 0 Å². The monoisotopic (exact) mass is 495 g/mol. The summed E-state index contributed by atoms with van der Waals surface area (Å²) < 4.78 is -0.0202. The second-order valence-corrected chi connectivity index (χ2v) is 6.82. The van der Waals surface area contributed by atoms with Crippen molar-refractivity contribution in [1.29, 1.82) is 0 Å². The minimum atomic E-state index is -1.10. The molecule has 0 aliphatic carbocycles. The van der Waals surface area contributed by atoms with Crippen molar-refractivity contribution in [2.75, 3.05) is 5.32 Å². The van der Waals surface area contributed by atoms with E-state index < -0.39 is 28.3 Å². The molecule has 0 spiro atoms. The highest BCUT2D eigenvalue weighted by atomic mass is 79.9.